The summed E-state index contributed by atoms with van der Waals surface area (Å²) in [7, 11) is 1.78. The van der Waals surface area contributed by atoms with E-state index in [-0.39, 0.29) is 5.56 Å². The molecule has 0 bridgehead atoms. The lowest BCUT2D eigenvalue weighted by molar-refractivity contribution is 0.0931. The number of nitrogens with one attached hydrogen (secondary N) is 2. The Hall–Kier alpha value is -2.60. The van der Waals surface area contributed by atoms with Gasteiger partial charge in [0, 0.05) is 38.4 Å². The van der Waals surface area contributed by atoms with Crippen LogP contribution >= 0.6 is 0 Å². The van der Waals surface area contributed by atoms with E-state index in [9.17, 15) is 4.79 Å². The van der Waals surface area contributed by atoms with Crippen LogP contribution in [0.15, 0.2) is 58.3 Å². The van der Waals surface area contributed by atoms with Crippen LogP contribution in [0.5, 0.6) is 0 Å². The number of hydrogen-bond acceptors (Lipinski definition) is 3. The molecule has 0 spiro atoms. The third-order valence-electron chi connectivity index (χ3n) is 4.72. The standard InChI is InChI=1S/C23H34N4O2/c1-19(17-29-18-21-11-5-4-6-12-21)16-26-23(24-3)25-14-7-8-15-27-20(2)10-9-13-22(27)28/h4-6,9-13,19H,7-8,14-18H2,1-3H3,(H2,24,25,26). The van der Waals surface area contributed by atoms with Crippen molar-refractivity contribution in [3.63, 3.8) is 0 Å². The molecule has 6 nitrogen and oxygen atoms in total. The number of ether oxygens (including phenoxy) is 1. The molecule has 0 aliphatic heterocycles. The minimum absolute atomic E-state index is 0.0684. The molecule has 2 rings (SSSR count). The third-order valence-corrected chi connectivity index (χ3v) is 4.72. The van der Waals surface area contributed by atoms with Crippen LogP contribution in [0.2, 0.25) is 0 Å². The molecule has 1 atom stereocenters. The molecular formula is C23H34N4O2. The lowest BCUT2D eigenvalue weighted by Crippen LogP contribution is -2.40. The summed E-state index contributed by atoms with van der Waals surface area (Å²) in [6.45, 7) is 7.83. The van der Waals surface area contributed by atoms with Crippen LogP contribution < -0.4 is 16.2 Å². The zero-order chi connectivity index (χ0) is 20.9. The van der Waals surface area contributed by atoms with Crippen molar-refractivity contribution in [2.75, 3.05) is 26.7 Å². The monoisotopic (exact) mass is 398 g/mol. The molecule has 0 amide bonds. The predicted molar refractivity (Wildman–Crippen MR) is 119 cm³/mol. The number of guanidine groups is 1. The summed E-state index contributed by atoms with van der Waals surface area (Å²) in [5.41, 5.74) is 2.27. The number of aromatic nitrogens is 1. The van der Waals surface area contributed by atoms with Crippen molar-refractivity contribution in [3.05, 3.63) is 70.1 Å². The molecular weight excluding hydrogens is 364 g/mol. The number of nitrogens with zero attached hydrogens (tertiary/aromatic N) is 2. The van der Waals surface area contributed by atoms with Crippen molar-refractivity contribution < 1.29 is 4.74 Å². The first-order valence-electron chi connectivity index (χ1n) is 10.3. The second kappa shape index (κ2) is 12.8. The van der Waals surface area contributed by atoms with Crippen LogP contribution in [-0.4, -0.2) is 37.3 Å². The minimum atomic E-state index is 0.0684. The molecule has 29 heavy (non-hydrogen) atoms. The van der Waals surface area contributed by atoms with Gasteiger partial charge in [0.2, 0.25) is 0 Å². The maximum Gasteiger partial charge on any atom is 0.250 e. The summed E-state index contributed by atoms with van der Waals surface area (Å²) in [6, 6.07) is 15.6. The highest BCUT2D eigenvalue weighted by Gasteiger charge is 2.05. The summed E-state index contributed by atoms with van der Waals surface area (Å²) in [5.74, 6) is 1.18. The van der Waals surface area contributed by atoms with Crippen LogP contribution in [0.4, 0.5) is 0 Å². The molecule has 0 aliphatic rings. The van der Waals surface area contributed by atoms with E-state index < -0.39 is 0 Å². The average molecular weight is 399 g/mol. The number of aryl methyl sites for hydroxylation is 1. The Morgan fingerprint density at radius 3 is 2.62 bits per heavy atom. The summed E-state index contributed by atoms with van der Waals surface area (Å²) in [5, 5.41) is 6.68. The molecule has 1 unspecified atom stereocenters. The van der Waals surface area contributed by atoms with Gasteiger partial charge in [-0.25, -0.2) is 0 Å². The Kier molecular flexibility index (Phi) is 10.00. The molecule has 0 saturated heterocycles. The molecule has 1 aromatic carbocycles. The van der Waals surface area contributed by atoms with Gasteiger partial charge in [-0.05, 0) is 37.3 Å². The first kappa shape index (κ1) is 22.7. The van der Waals surface area contributed by atoms with Crippen LogP contribution in [-0.2, 0) is 17.9 Å². The number of aliphatic imine (C=N–C) groups is 1. The zero-order valence-corrected chi connectivity index (χ0v) is 17.9. The first-order valence-corrected chi connectivity index (χ1v) is 10.3. The fourth-order valence-electron chi connectivity index (χ4n) is 3.01. The van der Waals surface area contributed by atoms with Gasteiger partial charge >= 0.3 is 0 Å². The summed E-state index contributed by atoms with van der Waals surface area (Å²) >= 11 is 0. The van der Waals surface area contributed by atoms with E-state index in [0.717, 1.165) is 44.1 Å². The van der Waals surface area contributed by atoms with E-state index >= 15 is 0 Å². The lowest BCUT2D eigenvalue weighted by Gasteiger charge is -2.16. The molecule has 2 N–H and O–H groups in total. The lowest BCUT2D eigenvalue weighted by atomic mass is 10.2. The number of benzene rings is 1. The van der Waals surface area contributed by atoms with Gasteiger partial charge < -0.3 is 19.9 Å². The molecule has 1 heterocycles. The van der Waals surface area contributed by atoms with Crippen LogP contribution in [0.3, 0.4) is 0 Å². The van der Waals surface area contributed by atoms with E-state index in [2.05, 4.69) is 34.7 Å². The van der Waals surface area contributed by atoms with Gasteiger partial charge in [0.15, 0.2) is 5.96 Å². The van der Waals surface area contributed by atoms with E-state index in [4.69, 9.17) is 4.74 Å². The maximum absolute atomic E-state index is 11.9. The summed E-state index contributed by atoms with van der Waals surface area (Å²) < 4.78 is 7.62. The smallest absolute Gasteiger partial charge is 0.250 e. The Bertz CT molecular complexity index is 802. The van der Waals surface area contributed by atoms with Gasteiger partial charge in [0.25, 0.3) is 5.56 Å². The fourth-order valence-corrected chi connectivity index (χ4v) is 3.01. The number of rotatable bonds is 11. The highest BCUT2D eigenvalue weighted by Crippen LogP contribution is 2.03. The van der Waals surface area contributed by atoms with Gasteiger partial charge in [-0.15, -0.1) is 0 Å². The molecule has 2 aromatic rings. The molecule has 0 radical (unpaired) electrons. The zero-order valence-electron chi connectivity index (χ0n) is 17.9. The van der Waals surface area contributed by atoms with E-state index in [0.29, 0.717) is 19.1 Å². The Labute approximate surface area is 174 Å². The normalized spacial score (nSPS) is 12.6. The van der Waals surface area contributed by atoms with Crippen molar-refractivity contribution in [2.45, 2.75) is 39.8 Å². The van der Waals surface area contributed by atoms with Crippen molar-refractivity contribution >= 4 is 5.96 Å². The second-order valence-electron chi connectivity index (χ2n) is 7.35. The largest absolute Gasteiger partial charge is 0.376 e. The van der Waals surface area contributed by atoms with Crippen molar-refractivity contribution in [2.24, 2.45) is 10.9 Å². The second-order valence-corrected chi connectivity index (χ2v) is 7.35. The average Bonchev–Trinajstić information content (AvgIpc) is 2.72. The molecule has 0 fully saturated rings. The van der Waals surface area contributed by atoms with E-state index in [1.165, 1.54) is 5.56 Å². The van der Waals surface area contributed by atoms with Crippen molar-refractivity contribution in [3.8, 4) is 0 Å². The van der Waals surface area contributed by atoms with E-state index in [1.807, 2.05) is 35.8 Å². The Morgan fingerprint density at radius 1 is 1.10 bits per heavy atom. The Morgan fingerprint density at radius 2 is 1.90 bits per heavy atom. The van der Waals surface area contributed by atoms with Crippen LogP contribution in [0.25, 0.3) is 0 Å². The molecule has 0 saturated carbocycles. The summed E-state index contributed by atoms with van der Waals surface area (Å²) in [4.78, 5) is 16.1. The minimum Gasteiger partial charge on any atom is -0.376 e. The van der Waals surface area contributed by atoms with Gasteiger partial charge in [-0.1, -0.05) is 43.3 Å². The maximum atomic E-state index is 11.9. The predicted octanol–water partition coefficient (Wildman–Crippen LogP) is 2.95. The van der Waals surface area contributed by atoms with E-state index in [1.54, 1.807) is 19.2 Å². The quantitative estimate of drug-likeness (QED) is 0.347. The fraction of sp³-hybridized carbons (Fsp3) is 0.478. The number of unbranched alkanes of at least 4 members (excludes halogenated alkanes) is 1. The topological polar surface area (TPSA) is 67.7 Å². The van der Waals surface area contributed by atoms with Gasteiger partial charge in [0.1, 0.15) is 0 Å². The highest BCUT2D eigenvalue weighted by atomic mass is 16.5. The molecule has 158 valence electrons. The highest BCUT2D eigenvalue weighted by molar-refractivity contribution is 5.79. The molecule has 0 aliphatic carbocycles. The van der Waals surface area contributed by atoms with Crippen LogP contribution in [0, 0.1) is 12.8 Å². The SMILES string of the molecule is CN=C(NCCCCn1c(C)cccc1=O)NCC(C)COCc1ccccc1. The summed E-state index contributed by atoms with van der Waals surface area (Å²) in [6.07, 6.45) is 1.91. The van der Waals surface area contributed by atoms with Gasteiger partial charge in [-0.2, -0.15) is 0 Å². The molecule has 1 aromatic heterocycles. The molecule has 6 heteroatoms. The number of pyridine rings is 1. The van der Waals surface area contributed by atoms with Gasteiger partial charge in [-0.3, -0.25) is 9.79 Å². The van der Waals surface area contributed by atoms with Gasteiger partial charge in [0.05, 0.1) is 13.2 Å². The number of hydrogen-bond donors (Lipinski definition) is 2. The Balaban J connectivity index is 1.58. The van der Waals surface area contributed by atoms with Crippen molar-refractivity contribution in [1.82, 2.24) is 15.2 Å². The third kappa shape index (κ3) is 8.52. The van der Waals surface area contributed by atoms with Crippen LogP contribution in [0.1, 0.15) is 31.0 Å². The first-order chi connectivity index (χ1) is 14.1. The van der Waals surface area contributed by atoms with Crippen molar-refractivity contribution in [1.29, 1.82) is 0 Å².